The Morgan fingerprint density at radius 3 is 2.30 bits per heavy atom. The molecule has 0 unspecified atom stereocenters. The lowest BCUT2D eigenvalue weighted by Crippen LogP contribution is -2.49. The second kappa shape index (κ2) is 9.17. The van der Waals surface area contributed by atoms with Gasteiger partial charge in [-0.3, -0.25) is 4.90 Å². The molecule has 0 spiro atoms. The minimum Gasteiger partial charge on any atom is -0.444 e. The summed E-state index contributed by atoms with van der Waals surface area (Å²) in [6.07, 6.45) is -0.240. The molecule has 3 rings (SSSR count). The van der Waals surface area contributed by atoms with E-state index < -0.39 is 5.60 Å². The third kappa shape index (κ3) is 5.51. The highest BCUT2D eigenvalue weighted by Gasteiger charge is 2.25. The summed E-state index contributed by atoms with van der Waals surface area (Å²) >= 11 is 0. The third-order valence-electron chi connectivity index (χ3n) is 5.01. The summed E-state index contributed by atoms with van der Waals surface area (Å²) in [5.41, 5.74) is 9.17. The monoisotopic (exact) mass is 410 g/mol. The number of carbonyl (C=O) groups is 1. The van der Waals surface area contributed by atoms with Crippen molar-refractivity contribution in [3.8, 4) is 11.1 Å². The fourth-order valence-electron chi connectivity index (χ4n) is 3.48. The number of benzene rings is 2. The van der Waals surface area contributed by atoms with E-state index in [1.165, 1.54) is 5.56 Å². The van der Waals surface area contributed by atoms with Gasteiger partial charge in [-0.2, -0.15) is 0 Å². The summed E-state index contributed by atoms with van der Waals surface area (Å²) < 4.78 is 5.46. The summed E-state index contributed by atoms with van der Waals surface area (Å²) in [6.45, 7) is 9.43. The maximum absolute atomic E-state index is 12.2. The fraction of sp³-hybridized carbons (Fsp3) is 0.391. The van der Waals surface area contributed by atoms with Gasteiger partial charge < -0.3 is 20.6 Å². The second-order valence-corrected chi connectivity index (χ2v) is 8.47. The van der Waals surface area contributed by atoms with Crippen LogP contribution in [-0.4, -0.2) is 58.7 Å². The van der Waals surface area contributed by atoms with E-state index in [4.69, 9.17) is 15.7 Å². The summed E-state index contributed by atoms with van der Waals surface area (Å²) in [7, 11) is 0. The van der Waals surface area contributed by atoms with E-state index in [9.17, 15) is 4.79 Å². The maximum Gasteiger partial charge on any atom is 0.410 e. The van der Waals surface area contributed by atoms with E-state index in [0.717, 1.165) is 30.8 Å². The van der Waals surface area contributed by atoms with Crippen molar-refractivity contribution in [3.63, 3.8) is 0 Å². The van der Waals surface area contributed by atoms with Crippen molar-refractivity contribution in [2.24, 2.45) is 10.9 Å². The lowest BCUT2D eigenvalue weighted by Gasteiger charge is -2.35. The normalized spacial score (nSPS) is 15.8. The van der Waals surface area contributed by atoms with Crippen LogP contribution < -0.4 is 5.73 Å². The van der Waals surface area contributed by atoms with Gasteiger partial charge in [0, 0.05) is 38.3 Å². The number of amides is 1. The van der Waals surface area contributed by atoms with Crippen LogP contribution in [0.4, 0.5) is 4.79 Å². The zero-order valence-electron chi connectivity index (χ0n) is 17.8. The SMILES string of the molecule is CC(C)(C)OC(=O)N1CCN(Cc2ccc(-c3ccccc3/C(N)=N\O)cc2)CC1. The minimum absolute atomic E-state index is 0.0949. The molecule has 0 atom stereocenters. The van der Waals surface area contributed by atoms with Crippen LogP contribution in [0.3, 0.4) is 0 Å². The number of piperazine rings is 1. The van der Waals surface area contributed by atoms with Gasteiger partial charge in [-0.25, -0.2) is 4.79 Å². The van der Waals surface area contributed by atoms with E-state index in [2.05, 4.69) is 34.3 Å². The Kier molecular flexibility index (Phi) is 6.62. The lowest BCUT2D eigenvalue weighted by atomic mass is 9.98. The molecule has 30 heavy (non-hydrogen) atoms. The quantitative estimate of drug-likeness (QED) is 0.348. The van der Waals surface area contributed by atoms with Crippen LogP contribution in [0.5, 0.6) is 0 Å². The zero-order chi connectivity index (χ0) is 21.7. The molecule has 2 aromatic rings. The summed E-state index contributed by atoms with van der Waals surface area (Å²) in [5, 5.41) is 12.1. The Balaban J connectivity index is 1.60. The number of nitrogens with zero attached hydrogens (tertiary/aromatic N) is 3. The smallest absolute Gasteiger partial charge is 0.410 e. The Morgan fingerprint density at radius 2 is 1.70 bits per heavy atom. The van der Waals surface area contributed by atoms with Crippen LogP contribution in [0.25, 0.3) is 11.1 Å². The number of oxime groups is 1. The van der Waals surface area contributed by atoms with Gasteiger partial charge in [0.1, 0.15) is 5.60 Å². The van der Waals surface area contributed by atoms with Crippen LogP contribution in [0, 0.1) is 0 Å². The molecule has 1 saturated heterocycles. The predicted octanol–water partition coefficient (Wildman–Crippen LogP) is 3.50. The van der Waals surface area contributed by atoms with Crippen LogP contribution in [-0.2, 0) is 11.3 Å². The molecule has 1 amide bonds. The molecule has 0 bridgehead atoms. The summed E-state index contributed by atoms with van der Waals surface area (Å²) in [4.78, 5) is 16.3. The van der Waals surface area contributed by atoms with E-state index >= 15 is 0 Å². The van der Waals surface area contributed by atoms with Gasteiger partial charge in [-0.1, -0.05) is 53.7 Å². The van der Waals surface area contributed by atoms with Crippen molar-refractivity contribution in [1.82, 2.24) is 9.80 Å². The number of carbonyl (C=O) groups excluding carboxylic acids is 1. The summed E-state index contributed by atoms with van der Waals surface area (Å²) in [6, 6.07) is 15.9. The van der Waals surface area contributed by atoms with Crippen molar-refractivity contribution in [1.29, 1.82) is 0 Å². The molecule has 7 nitrogen and oxygen atoms in total. The third-order valence-corrected chi connectivity index (χ3v) is 5.01. The van der Waals surface area contributed by atoms with Gasteiger partial charge >= 0.3 is 6.09 Å². The second-order valence-electron chi connectivity index (χ2n) is 8.47. The molecular formula is C23H30N4O3. The maximum atomic E-state index is 12.2. The van der Waals surface area contributed by atoms with Crippen LogP contribution in [0.15, 0.2) is 53.7 Å². The van der Waals surface area contributed by atoms with Gasteiger partial charge in [0.15, 0.2) is 5.84 Å². The minimum atomic E-state index is -0.470. The standard InChI is InChI=1S/C23H30N4O3/c1-23(2,3)30-22(28)27-14-12-26(13-15-27)16-17-8-10-18(11-9-17)19-6-4-5-7-20(19)21(24)25-29/h4-11,29H,12-16H2,1-3H3,(H2,24,25). The number of nitrogens with two attached hydrogens (primary N) is 1. The number of ether oxygens (including phenoxy) is 1. The molecule has 0 radical (unpaired) electrons. The highest BCUT2D eigenvalue weighted by Crippen LogP contribution is 2.24. The molecule has 0 aliphatic carbocycles. The topological polar surface area (TPSA) is 91.4 Å². The average molecular weight is 411 g/mol. The Bertz CT molecular complexity index is 895. The largest absolute Gasteiger partial charge is 0.444 e. The molecular weight excluding hydrogens is 380 g/mol. The molecule has 1 aliphatic rings. The molecule has 0 saturated carbocycles. The molecule has 7 heteroatoms. The fourth-order valence-corrected chi connectivity index (χ4v) is 3.48. The van der Waals surface area contributed by atoms with Crippen LogP contribution in [0.2, 0.25) is 0 Å². The number of rotatable bonds is 4. The molecule has 2 aromatic carbocycles. The zero-order valence-corrected chi connectivity index (χ0v) is 17.8. The van der Waals surface area contributed by atoms with E-state index in [1.54, 1.807) is 4.90 Å². The Morgan fingerprint density at radius 1 is 1.07 bits per heavy atom. The van der Waals surface area contributed by atoms with Gasteiger partial charge in [0.05, 0.1) is 0 Å². The molecule has 160 valence electrons. The highest BCUT2D eigenvalue weighted by atomic mass is 16.6. The first-order chi connectivity index (χ1) is 14.3. The first-order valence-electron chi connectivity index (χ1n) is 10.1. The molecule has 1 fully saturated rings. The van der Waals surface area contributed by atoms with Crippen LogP contribution in [0.1, 0.15) is 31.9 Å². The van der Waals surface area contributed by atoms with E-state index in [-0.39, 0.29) is 11.9 Å². The van der Waals surface area contributed by atoms with Crippen molar-refractivity contribution >= 4 is 11.9 Å². The highest BCUT2D eigenvalue weighted by molar-refractivity contribution is 6.03. The predicted molar refractivity (Wildman–Crippen MR) is 117 cm³/mol. The average Bonchev–Trinajstić information content (AvgIpc) is 2.73. The van der Waals surface area contributed by atoms with Gasteiger partial charge in [-0.15, -0.1) is 0 Å². The Hall–Kier alpha value is -3.06. The molecule has 1 aliphatic heterocycles. The van der Waals surface area contributed by atoms with Crippen molar-refractivity contribution in [2.45, 2.75) is 32.9 Å². The van der Waals surface area contributed by atoms with Gasteiger partial charge in [0.25, 0.3) is 0 Å². The molecule has 0 aromatic heterocycles. The van der Waals surface area contributed by atoms with E-state index in [1.807, 2.05) is 45.0 Å². The van der Waals surface area contributed by atoms with E-state index in [0.29, 0.717) is 18.7 Å². The number of hydrogen-bond acceptors (Lipinski definition) is 5. The summed E-state index contributed by atoms with van der Waals surface area (Å²) in [5.74, 6) is 0.0949. The van der Waals surface area contributed by atoms with Crippen molar-refractivity contribution in [2.75, 3.05) is 26.2 Å². The first-order valence-corrected chi connectivity index (χ1v) is 10.1. The van der Waals surface area contributed by atoms with Gasteiger partial charge in [-0.05, 0) is 37.5 Å². The Labute approximate surface area is 177 Å². The lowest BCUT2D eigenvalue weighted by molar-refractivity contribution is 0.0139. The first kappa shape index (κ1) is 21.6. The van der Waals surface area contributed by atoms with Crippen molar-refractivity contribution in [3.05, 3.63) is 59.7 Å². The molecule has 1 heterocycles. The van der Waals surface area contributed by atoms with Gasteiger partial charge in [0.2, 0.25) is 0 Å². The van der Waals surface area contributed by atoms with Crippen LogP contribution >= 0.6 is 0 Å². The number of hydrogen-bond donors (Lipinski definition) is 2. The van der Waals surface area contributed by atoms with Crippen molar-refractivity contribution < 1.29 is 14.7 Å². The molecule has 3 N–H and O–H groups in total. The number of amidine groups is 1.